The lowest BCUT2D eigenvalue weighted by molar-refractivity contribution is 0.174. The predicted octanol–water partition coefficient (Wildman–Crippen LogP) is 3.69. The molecule has 0 spiro atoms. The second kappa shape index (κ2) is 7.75. The van der Waals surface area contributed by atoms with Crippen molar-refractivity contribution in [3.63, 3.8) is 0 Å². The SMILES string of the molecule is O=c1ccc(-c2ccc3c(c2)OCO3)nn1CCc1nc(-c2cccc(Br)c2)no1. The van der Waals surface area contributed by atoms with E-state index in [9.17, 15) is 4.79 Å². The number of halogens is 1. The highest BCUT2D eigenvalue weighted by atomic mass is 79.9. The van der Waals surface area contributed by atoms with Crippen molar-refractivity contribution in [1.82, 2.24) is 19.9 Å². The van der Waals surface area contributed by atoms with Gasteiger partial charge in [-0.05, 0) is 36.4 Å². The molecule has 30 heavy (non-hydrogen) atoms. The maximum atomic E-state index is 12.3. The van der Waals surface area contributed by atoms with Crippen molar-refractivity contribution in [3.05, 3.63) is 75.3 Å². The highest BCUT2D eigenvalue weighted by molar-refractivity contribution is 9.10. The molecule has 0 saturated heterocycles. The van der Waals surface area contributed by atoms with Gasteiger partial charge in [-0.25, -0.2) is 4.68 Å². The van der Waals surface area contributed by atoms with Crippen LogP contribution in [-0.4, -0.2) is 26.7 Å². The van der Waals surface area contributed by atoms with E-state index >= 15 is 0 Å². The number of fused-ring (bicyclic) bond motifs is 1. The first-order chi connectivity index (χ1) is 14.7. The molecular formula is C21H15BrN4O4. The number of rotatable bonds is 5. The van der Waals surface area contributed by atoms with E-state index in [4.69, 9.17) is 14.0 Å². The third kappa shape index (κ3) is 3.71. The normalized spacial score (nSPS) is 12.3. The molecule has 150 valence electrons. The molecule has 2 aromatic heterocycles. The van der Waals surface area contributed by atoms with Crippen molar-refractivity contribution in [1.29, 1.82) is 0 Å². The largest absolute Gasteiger partial charge is 0.454 e. The van der Waals surface area contributed by atoms with E-state index in [0.29, 0.717) is 41.9 Å². The van der Waals surface area contributed by atoms with Crippen LogP contribution in [0.25, 0.3) is 22.6 Å². The van der Waals surface area contributed by atoms with Crippen molar-refractivity contribution in [3.8, 4) is 34.1 Å². The van der Waals surface area contributed by atoms with Crippen LogP contribution < -0.4 is 15.0 Å². The fourth-order valence-corrected chi connectivity index (χ4v) is 3.52. The molecule has 0 unspecified atom stereocenters. The van der Waals surface area contributed by atoms with Gasteiger partial charge in [0.25, 0.3) is 5.56 Å². The minimum Gasteiger partial charge on any atom is -0.454 e. The summed E-state index contributed by atoms with van der Waals surface area (Å²) in [5.74, 6) is 2.30. The van der Waals surface area contributed by atoms with Gasteiger partial charge in [0.1, 0.15) is 0 Å². The topological polar surface area (TPSA) is 92.3 Å². The zero-order valence-electron chi connectivity index (χ0n) is 15.6. The summed E-state index contributed by atoms with van der Waals surface area (Å²) in [4.78, 5) is 16.7. The number of hydrogen-bond donors (Lipinski definition) is 0. The van der Waals surface area contributed by atoms with E-state index in [1.54, 1.807) is 6.07 Å². The summed E-state index contributed by atoms with van der Waals surface area (Å²) in [5, 5.41) is 8.49. The third-order valence-corrected chi connectivity index (χ3v) is 5.12. The molecule has 0 aliphatic carbocycles. The lowest BCUT2D eigenvalue weighted by atomic mass is 10.1. The summed E-state index contributed by atoms with van der Waals surface area (Å²) in [6, 6.07) is 16.4. The van der Waals surface area contributed by atoms with Crippen molar-refractivity contribution >= 4 is 15.9 Å². The summed E-state index contributed by atoms with van der Waals surface area (Å²) >= 11 is 3.43. The molecule has 0 fully saturated rings. The van der Waals surface area contributed by atoms with E-state index in [1.165, 1.54) is 10.7 Å². The van der Waals surface area contributed by atoms with E-state index in [2.05, 4.69) is 31.2 Å². The number of aryl methyl sites for hydroxylation is 2. The molecule has 3 heterocycles. The molecule has 5 rings (SSSR count). The van der Waals surface area contributed by atoms with Crippen LogP contribution in [0.2, 0.25) is 0 Å². The molecule has 9 heteroatoms. The minimum absolute atomic E-state index is 0.203. The van der Waals surface area contributed by atoms with Gasteiger partial charge in [0.2, 0.25) is 18.5 Å². The van der Waals surface area contributed by atoms with E-state index in [-0.39, 0.29) is 12.4 Å². The van der Waals surface area contributed by atoms with Gasteiger partial charge < -0.3 is 14.0 Å². The zero-order chi connectivity index (χ0) is 20.5. The Morgan fingerprint density at radius 1 is 1.00 bits per heavy atom. The van der Waals surface area contributed by atoms with Crippen LogP contribution in [0.3, 0.4) is 0 Å². The Morgan fingerprint density at radius 2 is 1.90 bits per heavy atom. The Kier molecular flexibility index (Phi) is 4.80. The molecule has 0 bridgehead atoms. The lowest BCUT2D eigenvalue weighted by Crippen LogP contribution is -2.23. The monoisotopic (exact) mass is 466 g/mol. The molecule has 8 nitrogen and oxygen atoms in total. The quantitative estimate of drug-likeness (QED) is 0.442. The fraction of sp³-hybridized carbons (Fsp3) is 0.143. The maximum Gasteiger partial charge on any atom is 0.266 e. The molecule has 0 saturated carbocycles. The maximum absolute atomic E-state index is 12.3. The average molecular weight is 467 g/mol. The zero-order valence-corrected chi connectivity index (χ0v) is 17.2. The summed E-state index contributed by atoms with van der Waals surface area (Å²) in [6.45, 7) is 0.523. The second-order valence-corrected chi connectivity index (χ2v) is 7.54. The molecule has 0 N–H and O–H groups in total. The van der Waals surface area contributed by atoms with Crippen LogP contribution in [0.15, 0.2) is 68.4 Å². The summed E-state index contributed by atoms with van der Waals surface area (Å²) in [5.41, 5.74) is 2.14. The van der Waals surface area contributed by atoms with Crippen molar-refractivity contribution in [2.24, 2.45) is 0 Å². The summed E-state index contributed by atoms with van der Waals surface area (Å²) in [6.07, 6.45) is 0.387. The number of ether oxygens (including phenoxy) is 2. The van der Waals surface area contributed by atoms with Crippen molar-refractivity contribution < 1.29 is 14.0 Å². The Morgan fingerprint density at radius 3 is 2.80 bits per heavy atom. The van der Waals surface area contributed by atoms with Crippen LogP contribution >= 0.6 is 15.9 Å². The van der Waals surface area contributed by atoms with Crippen LogP contribution in [0.1, 0.15) is 5.89 Å². The minimum atomic E-state index is -0.203. The molecule has 1 aliphatic rings. The van der Waals surface area contributed by atoms with Gasteiger partial charge in [0.15, 0.2) is 11.5 Å². The molecule has 2 aromatic carbocycles. The fourth-order valence-electron chi connectivity index (χ4n) is 3.12. The number of nitrogens with zero attached hydrogens (tertiary/aromatic N) is 4. The Labute approximate surface area is 179 Å². The molecule has 1 aliphatic heterocycles. The van der Waals surface area contributed by atoms with Crippen LogP contribution in [0.5, 0.6) is 11.5 Å². The molecule has 0 radical (unpaired) electrons. The molecule has 4 aromatic rings. The lowest BCUT2D eigenvalue weighted by Gasteiger charge is -2.06. The Bertz CT molecular complexity index is 1280. The van der Waals surface area contributed by atoms with Gasteiger partial charge >= 0.3 is 0 Å². The predicted molar refractivity (Wildman–Crippen MR) is 111 cm³/mol. The highest BCUT2D eigenvalue weighted by Crippen LogP contribution is 2.35. The first-order valence-electron chi connectivity index (χ1n) is 9.22. The Balaban J connectivity index is 1.34. The smallest absolute Gasteiger partial charge is 0.266 e. The highest BCUT2D eigenvalue weighted by Gasteiger charge is 2.15. The third-order valence-electron chi connectivity index (χ3n) is 4.62. The van der Waals surface area contributed by atoms with Crippen LogP contribution in [0.4, 0.5) is 0 Å². The number of benzene rings is 2. The van der Waals surface area contributed by atoms with Gasteiger partial charge in [-0.1, -0.05) is 33.2 Å². The van der Waals surface area contributed by atoms with Crippen molar-refractivity contribution in [2.75, 3.05) is 6.79 Å². The van der Waals surface area contributed by atoms with Crippen molar-refractivity contribution in [2.45, 2.75) is 13.0 Å². The van der Waals surface area contributed by atoms with Gasteiger partial charge in [-0.15, -0.1) is 0 Å². The van der Waals surface area contributed by atoms with Crippen LogP contribution in [-0.2, 0) is 13.0 Å². The second-order valence-electron chi connectivity index (χ2n) is 6.62. The summed E-state index contributed by atoms with van der Waals surface area (Å²) < 4.78 is 18.4. The summed E-state index contributed by atoms with van der Waals surface area (Å²) in [7, 11) is 0. The first-order valence-corrected chi connectivity index (χ1v) is 10.0. The molecule has 0 atom stereocenters. The number of aromatic nitrogens is 4. The van der Waals surface area contributed by atoms with Crippen LogP contribution in [0, 0.1) is 0 Å². The average Bonchev–Trinajstić information content (AvgIpc) is 3.42. The molecule has 0 amide bonds. The van der Waals surface area contributed by atoms with E-state index in [0.717, 1.165) is 15.6 Å². The van der Waals surface area contributed by atoms with E-state index < -0.39 is 0 Å². The number of hydrogen-bond acceptors (Lipinski definition) is 7. The van der Waals surface area contributed by atoms with Gasteiger partial charge in [0, 0.05) is 28.1 Å². The molecular weight excluding hydrogens is 452 g/mol. The van der Waals surface area contributed by atoms with Gasteiger partial charge in [-0.3, -0.25) is 4.79 Å². The van der Waals surface area contributed by atoms with Gasteiger partial charge in [-0.2, -0.15) is 10.1 Å². The first kappa shape index (κ1) is 18.6. The van der Waals surface area contributed by atoms with E-state index in [1.807, 2.05) is 42.5 Å². The van der Waals surface area contributed by atoms with Gasteiger partial charge in [0.05, 0.1) is 12.2 Å². The Hall–Kier alpha value is -3.46. The standard InChI is InChI=1S/C21H15BrN4O4/c22-15-3-1-2-14(10-15)21-23-19(30-25-21)8-9-26-20(27)7-5-16(24-26)13-4-6-17-18(11-13)29-12-28-17/h1-7,10-11H,8-9,12H2.